The highest BCUT2D eigenvalue weighted by atomic mass is 16.3. The van der Waals surface area contributed by atoms with Crippen LogP contribution in [0.1, 0.15) is 62.5 Å². The van der Waals surface area contributed by atoms with E-state index in [1.54, 1.807) is 0 Å². The van der Waals surface area contributed by atoms with Crippen LogP contribution < -0.4 is 0 Å². The van der Waals surface area contributed by atoms with Crippen LogP contribution in [0.2, 0.25) is 0 Å². The van der Waals surface area contributed by atoms with Crippen LogP contribution in [0.3, 0.4) is 0 Å². The molecule has 2 aliphatic rings. The van der Waals surface area contributed by atoms with Crippen molar-refractivity contribution in [1.82, 2.24) is 4.90 Å². The van der Waals surface area contributed by atoms with Crippen LogP contribution in [0.5, 0.6) is 0 Å². The van der Waals surface area contributed by atoms with E-state index >= 15 is 0 Å². The predicted octanol–water partition coefficient (Wildman–Crippen LogP) is 4.25. The molecule has 122 valence electrons. The van der Waals surface area contributed by atoms with Crippen molar-refractivity contribution in [2.75, 3.05) is 19.6 Å². The third-order valence-corrected chi connectivity index (χ3v) is 5.82. The van der Waals surface area contributed by atoms with Gasteiger partial charge in [-0.3, -0.25) is 0 Å². The molecule has 2 nitrogen and oxygen atoms in total. The second-order valence-corrected chi connectivity index (χ2v) is 7.40. The highest BCUT2D eigenvalue weighted by molar-refractivity contribution is 5.32. The van der Waals surface area contributed by atoms with E-state index in [2.05, 4.69) is 36.1 Å². The van der Waals surface area contributed by atoms with Crippen molar-refractivity contribution in [1.29, 1.82) is 0 Å². The minimum absolute atomic E-state index is 0.381. The lowest BCUT2D eigenvalue weighted by molar-refractivity contribution is -0.0528. The fourth-order valence-electron chi connectivity index (χ4n) is 4.51. The van der Waals surface area contributed by atoms with Gasteiger partial charge in [0.2, 0.25) is 0 Å². The Balaban J connectivity index is 1.88. The van der Waals surface area contributed by atoms with Crippen molar-refractivity contribution in [2.45, 2.75) is 63.9 Å². The second kappa shape index (κ2) is 7.14. The first-order chi connectivity index (χ1) is 10.7. The summed E-state index contributed by atoms with van der Waals surface area (Å²) in [7, 11) is 0. The average Bonchev–Trinajstić information content (AvgIpc) is 3.01. The molecular weight excluding hydrogens is 270 g/mol. The quantitative estimate of drug-likeness (QED) is 0.902. The third kappa shape index (κ3) is 3.38. The molecule has 1 aromatic rings. The summed E-state index contributed by atoms with van der Waals surface area (Å²) in [4.78, 5) is 2.58. The Morgan fingerprint density at radius 1 is 1.05 bits per heavy atom. The number of hydrogen-bond donors (Lipinski definition) is 1. The Labute approximate surface area is 135 Å². The van der Waals surface area contributed by atoms with E-state index in [1.165, 1.54) is 62.7 Å². The molecule has 2 atom stereocenters. The number of hydrogen-bond acceptors (Lipinski definition) is 2. The molecule has 0 aromatic heterocycles. The van der Waals surface area contributed by atoms with Crippen LogP contribution in [-0.2, 0) is 5.60 Å². The lowest BCUT2D eigenvalue weighted by Crippen LogP contribution is -2.43. The minimum Gasteiger partial charge on any atom is -0.385 e. The summed E-state index contributed by atoms with van der Waals surface area (Å²) in [5.41, 5.74) is 1.80. The smallest absolute Gasteiger partial charge is 0.0939 e. The van der Waals surface area contributed by atoms with Crippen LogP contribution in [0.15, 0.2) is 24.3 Å². The number of nitrogens with zero attached hydrogens (tertiary/aromatic N) is 1. The highest BCUT2D eigenvalue weighted by Crippen LogP contribution is 2.41. The molecule has 1 aliphatic heterocycles. The van der Waals surface area contributed by atoms with Crippen molar-refractivity contribution in [3.05, 3.63) is 35.4 Å². The number of benzene rings is 1. The zero-order valence-electron chi connectivity index (χ0n) is 14.1. The van der Waals surface area contributed by atoms with Crippen molar-refractivity contribution < 1.29 is 5.11 Å². The van der Waals surface area contributed by atoms with Crippen LogP contribution in [0.25, 0.3) is 0 Å². The Bertz CT molecular complexity index is 480. The Morgan fingerprint density at radius 3 is 2.55 bits per heavy atom. The van der Waals surface area contributed by atoms with Crippen LogP contribution >= 0.6 is 0 Å². The van der Waals surface area contributed by atoms with E-state index in [4.69, 9.17) is 0 Å². The van der Waals surface area contributed by atoms with Gasteiger partial charge in [0, 0.05) is 12.5 Å². The summed E-state index contributed by atoms with van der Waals surface area (Å²) in [5, 5.41) is 11.7. The summed E-state index contributed by atoms with van der Waals surface area (Å²) in [6.45, 7) is 5.67. The number of aryl methyl sites for hydroxylation is 1. The van der Waals surface area contributed by atoms with Gasteiger partial charge in [0.1, 0.15) is 0 Å². The first-order valence-electron chi connectivity index (χ1n) is 9.21. The summed E-state index contributed by atoms with van der Waals surface area (Å²) in [6, 6.07) is 8.49. The van der Waals surface area contributed by atoms with Gasteiger partial charge in [0.05, 0.1) is 5.60 Å². The molecule has 2 heteroatoms. The van der Waals surface area contributed by atoms with Crippen molar-refractivity contribution in [3.63, 3.8) is 0 Å². The lowest BCUT2D eigenvalue weighted by atomic mass is 9.72. The van der Waals surface area contributed by atoms with Gasteiger partial charge in [-0.25, -0.2) is 0 Å². The molecule has 0 spiro atoms. The Hall–Kier alpha value is -0.860. The number of aliphatic hydroxyl groups is 1. The van der Waals surface area contributed by atoms with Gasteiger partial charge in [0.15, 0.2) is 0 Å². The van der Waals surface area contributed by atoms with Gasteiger partial charge in [-0.05, 0) is 56.8 Å². The van der Waals surface area contributed by atoms with Gasteiger partial charge in [0.25, 0.3) is 0 Å². The molecule has 2 unspecified atom stereocenters. The van der Waals surface area contributed by atoms with Gasteiger partial charge in [-0.15, -0.1) is 0 Å². The van der Waals surface area contributed by atoms with Gasteiger partial charge >= 0.3 is 0 Å². The summed E-state index contributed by atoms with van der Waals surface area (Å²) < 4.78 is 0. The molecule has 22 heavy (non-hydrogen) atoms. The standard InChI is InChI=1S/C20H31NO/c1-17-10-5-6-12-19(17)20(22)13-7-3-2-4-11-18(20)16-21-14-8-9-15-21/h5-6,10,12,18,22H,2-4,7-9,11,13-16H2,1H3. The molecule has 1 aliphatic carbocycles. The molecule has 1 N–H and O–H groups in total. The molecule has 3 rings (SSSR count). The molecule has 0 radical (unpaired) electrons. The molecule has 0 bridgehead atoms. The lowest BCUT2D eigenvalue weighted by Gasteiger charge is -2.41. The molecular formula is C20H31NO. The zero-order chi connectivity index (χ0) is 15.4. The van der Waals surface area contributed by atoms with E-state index in [9.17, 15) is 5.11 Å². The number of likely N-dealkylation sites (tertiary alicyclic amines) is 1. The first-order valence-corrected chi connectivity index (χ1v) is 9.21. The number of rotatable bonds is 3. The largest absolute Gasteiger partial charge is 0.385 e. The summed E-state index contributed by atoms with van der Waals surface area (Å²) >= 11 is 0. The molecule has 1 aromatic carbocycles. The van der Waals surface area contributed by atoms with Crippen molar-refractivity contribution >= 4 is 0 Å². The molecule has 0 amide bonds. The van der Waals surface area contributed by atoms with Gasteiger partial charge in [-0.2, -0.15) is 0 Å². The van der Waals surface area contributed by atoms with Crippen molar-refractivity contribution in [2.24, 2.45) is 5.92 Å². The average molecular weight is 301 g/mol. The topological polar surface area (TPSA) is 23.5 Å². The minimum atomic E-state index is -0.631. The Kier molecular flexibility index (Phi) is 5.20. The maximum atomic E-state index is 11.7. The van der Waals surface area contributed by atoms with Gasteiger partial charge in [-0.1, -0.05) is 49.9 Å². The van der Waals surface area contributed by atoms with E-state index in [0.29, 0.717) is 5.92 Å². The van der Waals surface area contributed by atoms with Crippen molar-refractivity contribution in [3.8, 4) is 0 Å². The zero-order valence-corrected chi connectivity index (χ0v) is 14.1. The summed E-state index contributed by atoms with van der Waals surface area (Å²) in [5.74, 6) is 0.381. The monoisotopic (exact) mass is 301 g/mol. The van der Waals surface area contributed by atoms with Crippen LogP contribution in [-0.4, -0.2) is 29.6 Å². The molecule has 2 fully saturated rings. The maximum absolute atomic E-state index is 11.7. The highest BCUT2D eigenvalue weighted by Gasteiger charge is 2.40. The van der Waals surface area contributed by atoms with E-state index in [1.807, 2.05) is 0 Å². The molecule has 1 saturated heterocycles. The molecule has 1 heterocycles. The fourth-order valence-corrected chi connectivity index (χ4v) is 4.51. The van der Waals surface area contributed by atoms with E-state index < -0.39 is 5.60 Å². The predicted molar refractivity (Wildman–Crippen MR) is 91.9 cm³/mol. The maximum Gasteiger partial charge on any atom is 0.0939 e. The first kappa shape index (κ1) is 16.0. The second-order valence-electron chi connectivity index (χ2n) is 7.40. The Morgan fingerprint density at radius 2 is 1.77 bits per heavy atom. The normalized spacial score (nSPS) is 30.9. The summed E-state index contributed by atoms with van der Waals surface area (Å²) in [6.07, 6.45) is 9.78. The third-order valence-electron chi connectivity index (χ3n) is 5.82. The van der Waals surface area contributed by atoms with Gasteiger partial charge < -0.3 is 10.0 Å². The fraction of sp³-hybridized carbons (Fsp3) is 0.700. The van der Waals surface area contributed by atoms with E-state index in [0.717, 1.165) is 19.4 Å². The van der Waals surface area contributed by atoms with Crippen LogP contribution in [0, 0.1) is 12.8 Å². The molecule has 1 saturated carbocycles. The van der Waals surface area contributed by atoms with Crippen LogP contribution in [0.4, 0.5) is 0 Å². The SMILES string of the molecule is Cc1ccccc1C1(O)CCCCCCC1CN1CCCC1. The van der Waals surface area contributed by atoms with E-state index in [-0.39, 0.29) is 0 Å².